The molecular weight excluding hydrogens is 339 g/mol. The van der Waals surface area contributed by atoms with Crippen LogP contribution in [0, 0.1) is 0 Å². The molecule has 0 saturated carbocycles. The van der Waals surface area contributed by atoms with E-state index in [0.717, 1.165) is 0 Å². The van der Waals surface area contributed by atoms with Crippen molar-refractivity contribution < 1.29 is 24.1 Å². The Labute approximate surface area is 124 Å². The zero-order valence-corrected chi connectivity index (χ0v) is 12.8. The molecule has 7 heteroatoms. The van der Waals surface area contributed by atoms with Crippen molar-refractivity contribution in [1.82, 2.24) is 0 Å². The summed E-state index contributed by atoms with van der Waals surface area (Å²) in [6, 6.07) is 3.20. The second-order valence-electron chi connectivity index (χ2n) is 3.51. The van der Waals surface area contributed by atoms with Crippen LogP contribution in [0.25, 0.3) is 0 Å². The quantitative estimate of drug-likeness (QED) is 0.764. The first kappa shape index (κ1) is 16.1. The highest BCUT2D eigenvalue weighted by Crippen LogP contribution is 2.37. The molecule has 0 aliphatic rings. The molecule has 0 saturated heterocycles. The molecular formula is C12H14BrClO5. The first-order valence-corrected chi connectivity index (χ1v) is 6.69. The fourth-order valence-electron chi connectivity index (χ4n) is 1.53. The Morgan fingerprint density at radius 1 is 1.37 bits per heavy atom. The zero-order chi connectivity index (χ0) is 14.4. The molecule has 0 spiro atoms. The lowest BCUT2D eigenvalue weighted by atomic mass is 10.1. The standard InChI is InChI=1S/C12H14BrClO5/c1-17-9-5-7(8(13)6-10(9)18-2)11(12(15)16)19-4-3-14/h5-6,11H,3-4H2,1-2H3,(H,15,16). The molecule has 0 radical (unpaired) electrons. The van der Waals surface area contributed by atoms with E-state index >= 15 is 0 Å². The van der Waals surface area contributed by atoms with Crippen molar-refractivity contribution in [3.05, 3.63) is 22.2 Å². The van der Waals surface area contributed by atoms with Crippen molar-refractivity contribution in [2.75, 3.05) is 26.7 Å². The molecule has 0 bridgehead atoms. The third-order valence-electron chi connectivity index (χ3n) is 2.37. The first-order chi connectivity index (χ1) is 9.04. The minimum atomic E-state index is -1.12. The van der Waals surface area contributed by atoms with Crippen molar-refractivity contribution in [1.29, 1.82) is 0 Å². The fraction of sp³-hybridized carbons (Fsp3) is 0.417. The smallest absolute Gasteiger partial charge is 0.337 e. The van der Waals surface area contributed by atoms with Crippen LogP contribution in [0.3, 0.4) is 0 Å². The number of methoxy groups -OCH3 is 2. The SMILES string of the molecule is COc1cc(Br)c(C(OCCCl)C(=O)O)cc1OC. The van der Waals surface area contributed by atoms with Gasteiger partial charge in [0.1, 0.15) is 0 Å². The van der Waals surface area contributed by atoms with Crippen LogP contribution >= 0.6 is 27.5 Å². The van der Waals surface area contributed by atoms with E-state index in [1.165, 1.54) is 14.2 Å². The number of carbonyl (C=O) groups is 1. The highest BCUT2D eigenvalue weighted by molar-refractivity contribution is 9.10. The van der Waals surface area contributed by atoms with Gasteiger partial charge in [-0.15, -0.1) is 11.6 Å². The van der Waals surface area contributed by atoms with Gasteiger partial charge >= 0.3 is 5.97 Å². The number of carboxylic acids is 1. The van der Waals surface area contributed by atoms with Gasteiger partial charge < -0.3 is 19.3 Å². The van der Waals surface area contributed by atoms with Crippen molar-refractivity contribution in [3.8, 4) is 11.5 Å². The molecule has 1 rings (SSSR count). The number of alkyl halides is 1. The Balaban J connectivity index is 3.18. The summed E-state index contributed by atoms with van der Waals surface area (Å²) in [6.45, 7) is 0.138. The van der Waals surface area contributed by atoms with Gasteiger partial charge in [0.05, 0.1) is 20.8 Å². The second-order valence-corrected chi connectivity index (χ2v) is 4.74. The van der Waals surface area contributed by atoms with Gasteiger partial charge in [-0.1, -0.05) is 15.9 Å². The minimum Gasteiger partial charge on any atom is -0.493 e. The highest BCUT2D eigenvalue weighted by Gasteiger charge is 2.25. The van der Waals surface area contributed by atoms with E-state index < -0.39 is 12.1 Å². The third kappa shape index (κ3) is 3.99. The molecule has 106 valence electrons. The molecule has 5 nitrogen and oxygen atoms in total. The second kappa shape index (κ2) is 7.57. The Bertz CT molecular complexity index is 452. The lowest BCUT2D eigenvalue weighted by molar-refractivity contribution is -0.150. The molecule has 0 aromatic heterocycles. The summed E-state index contributed by atoms with van der Waals surface area (Å²) in [7, 11) is 2.98. The van der Waals surface area contributed by atoms with Crippen LogP contribution in [0.4, 0.5) is 0 Å². The third-order valence-corrected chi connectivity index (χ3v) is 3.21. The van der Waals surface area contributed by atoms with Crippen molar-refractivity contribution in [2.45, 2.75) is 6.10 Å². The largest absolute Gasteiger partial charge is 0.493 e. The highest BCUT2D eigenvalue weighted by atomic mass is 79.9. The Hall–Kier alpha value is -0.980. The molecule has 1 N–H and O–H groups in total. The summed E-state index contributed by atoms with van der Waals surface area (Å²) in [4.78, 5) is 11.3. The van der Waals surface area contributed by atoms with E-state index in [0.29, 0.717) is 21.5 Å². The van der Waals surface area contributed by atoms with Crippen LogP contribution in [0.1, 0.15) is 11.7 Å². The zero-order valence-electron chi connectivity index (χ0n) is 10.5. The van der Waals surface area contributed by atoms with E-state index in [1.807, 2.05) is 0 Å². The molecule has 1 unspecified atom stereocenters. The van der Waals surface area contributed by atoms with Gasteiger partial charge in [0.2, 0.25) is 0 Å². The van der Waals surface area contributed by atoms with Crippen LogP contribution in [-0.4, -0.2) is 37.8 Å². The number of hydrogen-bond acceptors (Lipinski definition) is 4. The number of ether oxygens (including phenoxy) is 3. The summed E-state index contributed by atoms with van der Waals surface area (Å²) in [5.74, 6) is 0.0494. The topological polar surface area (TPSA) is 65.0 Å². The lowest BCUT2D eigenvalue weighted by Crippen LogP contribution is -2.17. The average Bonchev–Trinajstić information content (AvgIpc) is 2.39. The molecule has 1 aromatic rings. The summed E-state index contributed by atoms with van der Waals surface area (Å²) in [5.41, 5.74) is 0.440. The predicted octanol–water partition coefficient (Wildman–Crippen LogP) is 2.85. The van der Waals surface area contributed by atoms with Gasteiger partial charge in [0.25, 0.3) is 0 Å². The monoisotopic (exact) mass is 352 g/mol. The van der Waals surface area contributed by atoms with Gasteiger partial charge in [0, 0.05) is 15.9 Å². The van der Waals surface area contributed by atoms with E-state index in [4.69, 9.17) is 25.8 Å². The predicted molar refractivity (Wildman–Crippen MR) is 74.3 cm³/mol. The van der Waals surface area contributed by atoms with E-state index in [-0.39, 0.29) is 12.5 Å². The maximum absolute atomic E-state index is 11.3. The summed E-state index contributed by atoms with van der Waals surface area (Å²) >= 11 is 8.81. The van der Waals surface area contributed by atoms with E-state index in [1.54, 1.807) is 12.1 Å². The van der Waals surface area contributed by atoms with Crippen LogP contribution in [0.2, 0.25) is 0 Å². The molecule has 0 aliphatic heterocycles. The molecule has 0 heterocycles. The average molecular weight is 354 g/mol. The van der Waals surface area contributed by atoms with E-state index in [2.05, 4.69) is 15.9 Å². The molecule has 1 atom stereocenters. The van der Waals surface area contributed by atoms with Crippen LogP contribution in [0.15, 0.2) is 16.6 Å². The van der Waals surface area contributed by atoms with Gasteiger partial charge in [0.15, 0.2) is 17.6 Å². The normalized spacial score (nSPS) is 12.0. The first-order valence-electron chi connectivity index (χ1n) is 5.37. The Morgan fingerprint density at radius 2 is 1.95 bits per heavy atom. The minimum absolute atomic E-state index is 0.138. The van der Waals surface area contributed by atoms with Gasteiger partial charge in [-0.2, -0.15) is 0 Å². The van der Waals surface area contributed by atoms with Crippen LogP contribution < -0.4 is 9.47 Å². The maximum Gasteiger partial charge on any atom is 0.337 e. The van der Waals surface area contributed by atoms with Gasteiger partial charge in [-0.3, -0.25) is 0 Å². The van der Waals surface area contributed by atoms with Gasteiger partial charge in [-0.25, -0.2) is 4.79 Å². The maximum atomic E-state index is 11.3. The molecule has 0 amide bonds. The number of halogens is 2. The van der Waals surface area contributed by atoms with Crippen molar-refractivity contribution >= 4 is 33.5 Å². The lowest BCUT2D eigenvalue weighted by Gasteiger charge is -2.17. The fourth-order valence-corrected chi connectivity index (χ4v) is 2.15. The Kier molecular flexibility index (Phi) is 6.41. The van der Waals surface area contributed by atoms with Crippen molar-refractivity contribution in [2.24, 2.45) is 0 Å². The van der Waals surface area contributed by atoms with Crippen LogP contribution in [0.5, 0.6) is 11.5 Å². The number of carboxylic acid groups (broad SMARTS) is 1. The number of hydrogen-bond donors (Lipinski definition) is 1. The Morgan fingerprint density at radius 3 is 2.42 bits per heavy atom. The molecule has 0 aliphatic carbocycles. The number of aliphatic carboxylic acids is 1. The molecule has 1 aromatic carbocycles. The van der Waals surface area contributed by atoms with Gasteiger partial charge in [-0.05, 0) is 12.1 Å². The van der Waals surface area contributed by atoms with Crippen LogP contribution in [-0.2, 0) is 9.53 Å². The molecule has 0 fully saturated rings. The summed E-state index contributed by atoms with van der Waals surface area (Å²) in [6.07, 6.45) is -1.12. The number of rotatable bonds is 7. The van der Waals surface area contributed by atoms with Crippen molar-refractivity contribution in [3.63, 3.8) is 0 Å². The van der Waals surface area contributed by atoms with E-state index in [9.17, 15) is 9.90 Å². The number of benzene rings is 1. The molecule has 19 heavy (non-hydrogen) atoms. The summed E-state index contributed by atoms with van der Waals surface area (Å²) in [5, 5.41) is 9.21. The summed E-state index contributed by atoms with van der Waals surface area (Å²) < 4.78 is 16.1.